The van der Waals surface area contributed by atoms with E-state index in [2.05, 4.69) is 50.5 Å². The summed E-state index contributed by atoms with van der Waals surface area (Å²) in [6.45, 7) is 11.4. The molecular weight excluding hydrogens is 916 g/mol. The van der Waals surface area contributed by atoms with Crippen LogP contribution in [-0.2, 0) is 22.4 Å². The van der Waals surface area contributed by atoms with Crippen LogP contribution < -0.4 is 35.8 Å². The van der Waals surface area contributed by atoms with Crippen molar-refractivity contribution in [3.8, 4) is 11.5 Å². The van der Waals surface area contributed by atoms with E-state index < -0.39 is 11.9 Å². The normalized spacial score (nSPS) is 14.0. The third-order valence-electron chi connectivity index (χ3n) is 9.35. The molecule has 0 fully saturated rings. The fourth-order valence-electron chi connectivity index (χ4n) is 6.59. The number of nitrogens with zero attached hydrogens (tertiary/aromatic N) is 3. The van der Waals surface area contributed by atoms with Gasteiger partial charge < -0.3 is 55.7 Å². The predicted molar refractivity (Wildman–Crippen MR) is 230 cm³/mol. The number of fused-ring (bicyclic) bond motifs is 5. The summed E-state index contributed by atoms with van der Waals surface area (Å²) in [4.78, 5) is 33.4. The Balaban J connectivity index is 0.00000126. The summed E-state index contributed by atoms with van der Waals surface area (Å²) in [6, 6.07) is 3.72. The summed E-state index contributed by atoms with van der Waals surface area (Å²) in [6.07, 6.45) is 13.1. The number of carboxylic acid groups (broad SMARTS) is 2. The Hall–Kier alpha value is -4.16. The van der Waals surface area contributed by atoms with E-state index in [9.17, 15) is 20.4 Å². The van der Waals surface area contributed by atoms with Gasteiger partial charge >= 0.3 is 0 Å². The minimum Gasteiger partial charge on any atom is -0.657 e. The summed E-state index contributed by atoms with van der Waals surface area (Å²) in [5.41, 5.74) is 11.2. The van der Waals surface area contributed by atoms with Crippen molar-refractivity contribution >= 4 is 46.9 Å². The molecule has 0 atom stereocenters. The molecular formula is C44H60GdN5O10-. The zero-order chi connectivity index (χ0) is 43.5. The van der Waals surface area contributed by atoms with Crippen molar-refractivity contribution in [3.05, 3.63) is 80.0 Å². The zero-order valence-corrected chi connectivity index (χ0v) is 37.6. The van der Waals surface area contributed by atoms with Gasteiger partial charge in [0, 0.05) is 118 Å². The quantitative estimate of drug-likeness (QED) is 0.110. The minimum atomic E-state index is -0.833. The molecule has 2 aromatic rings. The topological polar surface area (TPSA) is 237 Å². The maximum atomic E-state index is 9.74. The summed E-state index contributed by atoms with van der Waals surface area (Å²) in [5.74, 6) is -0.665. The van der Waals surface area contributed by atoms with Crippen LogP contribution in [0.25, 0.3) is 12.2 Å². The molecule has 15 nitrogen and oxygen atoms in total. The smallest absolute Gasteiger partial charge is 0.300 e. The summed E-state index contributed by atoms with van der Waals surface area (Å²) in [7, 11) is 0. The Morgan fingerprint density at radius 1 is 0.650 bits per heavy atom. The number of aliphatic imine (C=N–C) groups is 2. The van der Waals surface area contributed by atoms with Crippen LogP contribution in [0.4, 0.5) is 11.4 Å². The maximum absolute atomic E-state index is 9.74. The molecule has 3 aliphatic heterocycles. The van der Waals surface area contributed by atoms with E-state index in [1.165, 1.54) is 11.1 Å². The molecule has 3 aliphatic rings. The molecule has 0 radical (unpaired) electrons. The van der Waals surface area contributed by atoms with Crippen molar-refractivity contribution in [2.24, 2.45) is 9.98 Å². The van der Waals surface area contributed by atoms with E-state index >= 15 is 0 Å². The minimum absolute atomic E-state index is 0. The Morgan fingerprint density at radius 2 is 1.00 bits per heavy atom. The van der Waals surface area contributed by atoms with E-state index in [1.807, 2.05) is 24.5 Å². The fourth-order valence-corrected chi connectivity index (χ4v) is 6.59. The summed E-state index contributed by atoms with van der Waals surface area (Å²) < 4.78 is 12.1. The molecule has 330 valence electrons. The van der Waals surface area contributed by atoms with Gasteiger partial charge in [0.1, 0.15) is 0 Å². The van der Waals surface area contributed by atoms with Crippen molar-refractivity contribution in [2.45, 2.75) is 92.9 Å². The van der Waals surface area contributed by atoms with Gasteiger partial charge in [-0.15, -0.1) is 10.7 Å². The number of anilines is 2. The van der Waals surface area contributed by atoms with Gasteiger partial charge in [-0.1, -0.05) is 37.1 Å². The van der Waals surface area contributed by atoms with Crippen molar-refractivity contribution < 1.29 is 89.6 Å². The first kappa shape index (κ1) is 52.0. The number of hydrogen-bond donors (Lipinski definition) is 8. The number of allylic oxidation sites excluding steroid dienone is 4. The van der Waals surface area contributed by atoms with Crippen molar-refractivity contribution in [1.29, 1.82) is 0 Å². The SMILES string of the molecule is CC(=O)O.CC(=O)O.CCc1c(CC)c2[n-]c1=CC1=NC(=CNc3cc(OCCCO)c(OCCCO)cc3NC=C3N=C(C=2)C(CCCO)=C3C)C(C)=C1CCCO.[Gd]. The molecule has 0 amide bonds. The van der Waals surface area contributed by atoms with Crippen LogP contribution in [0.2, 0.25) is 0 Å². The predicted octanol–water partition coefficient (Wildman–Crippen LogP) is 4.34. The van der Waals surface area contributed by atoms with Gasteiger partial charge in [-0.2, -0.15) is 0 Å². The zero-order valence-electron chi connectivity index (χ0n) is 35.4. The van der Waals surface area contributed by atoms with E-state index in [0.29, 0.717) is 74.6 Å². The first-order chi connectivity index (χ1) is 28.3. The van der Waals surface area contributed by atoms with E-state index in [-0.39, 0.29) is 66.4 Å². The van der Waals surface area contributed by atoms with Crippen molar-refractivity contribution in [3.63, 3.8) is 0 Å². The van der Waals surface area contributed by atoms with Gasteiger partial charge in [-0.3, -0.25) is 9.59 Å². The first-order valence-corrected chi connectivity index (χ1v) is 20.0. The number of carbonyl (C=O) groups is 2. The molecule has 5 rings (SSSR count). The van der Waals surface area contributed by atoms with Gasteiger partial charge in [-0.25, -0.2) is 9.98 Å². The van der Waals surface area contributed by atoms with Gasteiger partial charge in [-0.05, 0) is 74.7 Å². The molecule has 16 heteroatoms. The third-order valence-corrected chi connectivity index (χ3v) is 9.35. The number of nitrogens with one attached hydrogen (secondary N) is 2. The molecule has 1 aromatic heterocycles. The van der Waals surface area contributed by atoms with Gasteiger partial charge in [0.25, 0.3) is 11.9 Å². The maximum Gasteiger partial charge on any atom is 0.300 e. The van der Waals surface area contributed by atoms with E-state index in [4.69, 9.17) is 44.2 Å². The monoisotopic (exact) mass is 976 g/mol. The number of rotatable bonds is 16. The van der Waals surface area contributed by atoms with Crippen LogP contribution >= 0.6 is 0 Å². The van der Waals surface area contributed by atoms with Crippen LogP contribution in [-0.4, -0.2) is 93.6 Å². The molecule has 0 aliphatic carbocycles. The molecule has 0 saturated carbocycles. The third kappa shape index (κ3) is 15.1. The van der Waals surface area contributed by atoms with Gasteiger partial charge in [0.15, 0.2) is 11.5 Å². The average molecular weight is 976 g/mol. The number of aliphatic hydroxyl groups excluding tert-OH is 4. The van der Waals surface area contributed by atoms with Crippen molar-refractivity contribution in [2.75, 3.05) is 50.3 Å². The van der Waals surface area contributed by atoms with Crippen LogP contribution in [0.5, 0.6) is 11.5 Å². The number of aliphatic hydroxyl groups is 4. The molecule has 1 aromatic carbocycles. The Kier molecular flexibility index (Phi) is 23.3. The molecule has 6 bridgehead atoms. The molecule has 0 saturated heterocycles. The molecule has 8 N–H and O–H groups in total. The van der Waals surface area contributed by atoms with Crippen LogP contribution in [0.1, 0.15) is 91.2 Å². The number of hydrogen-bond acceptors (Lipinski definition) is 12. The molecule has 0 spiro atoms. The largest absolute Gasteiger partial charge is 0.657 e. The Morgan fingerprint density at radius 3 is 1.32 bits per heavy atom. The number of aromatic nitrogens is 1. The average Bonchev–Trinajstić information content (AvgIpc) is 3.79. The molecule has 4 heterocycles. The summed E-state index contributed by atoms with van der Waals surface area (Å²) >= 11 is 0. The van der Waals surface area contributed by atoms with Gasteiger partial charge in [0.2, 0.25) is 0 Å². The van der Waals surface area contributed by atoms with Crippen LogP contribution in [0.15, 0.2) is 68.2 Å². The van der Waals surface area contributed by atoms with E-state index in [0.717, 1.165) is 82.5 Å². The second-order valence-electron chi connectivity index (χ2n) is 13.8. The Labute approximate surface area is 383 Å². The Bertz CT molecular complexity index is 1960. The fraction of sp³-hybridized carbons (Fsp3) is 0.455. The number of aliphatic carboxylic acids is 2. The summed E-state index contributed by atoms with van der Waals surface area (Å²) in [5, 5.41) is 61.8. The standard InChI is InChI=1S/C40H52N5O6.2C2H4O2.Gd/c1-5-27-28(6-2)32-20-34-30(12-8-14-47)26(4)38(45-34)24-42-36-22-40(51-18-10-16-49)39(50-17-9-15-48)21-35(36)41-23-37-25(3)29(11-7-13-46)33(44-37)19-31(27)43-32;2*1-2(3)4;/h19-24,41-42,46-49H,5-18H2,1-4H3;2*1H3,(H,3,4);/q-1;;;. The molecule has 0 unspecified atom stereocenters. The second-order valence-corrected chi connectivity index (χ2v) is 13.8. The van der Waals surface area contributed by atoms with Crippen LogP contribution in [0, 0.1) is 39.9 Å². The van der Waals surface area contributed by atoms with Crippen molar-refractivity contribution in [1.82, 2.24) is 4.98 Å². The number of carboxylic acids is 2. The number of ether oxygens (including phenoxy) is 2. The van der Waals surface area contributed by atoms with Crippen LogP contribution in [0.3, 0.4) is 0 Å². The van der Waals surface area contributed by atoms with E-state index in [1.54, 1.807) is 0 Å². The van der Waals surface area contributed by atoms with Gasteiger partial charge in [0.05, 0.1) is 47.4 Å². The number of benzene rings is 1. The molecule has 60 heavy (non-hydrogen) atoms. The second kappa shape index (κ2) is 26.9. The first-order valence-electron chi connectivity index (χ1n) is 20.0.